The number of aromatic nitrogens is 2. The van der Waals surface area contributed by atoms with E-state index < -0.39 is 0 Å². The van der Waals surface area contributed by atoms with Crippen LogP contribution in [0.1, 0.15) is 24.9 Å². The van der Waals surface area contributed by atoms with Gasteiger partial charge in [-0.25, -0.2) is 4.68 Å². The zero-order valence-corrected chi connectivity index (χ0v) is 12.8. The largest absolute Gasteiger partial charge is 0.329 e. The van der Waals surface area contributed by atoms with Gasteiger partial charge in [-0.1, -0.05) is 25.1 Å². The molecule has 1 aromatic heterocycles. The Bertz CT molecular complexity index is 577. The van der Waals surface area contributed by atoms with Crippen molar-refractivity contribution in [3.05, 3.63) is 48.3 Å². The van der Waals surface area contributed by atoms with E-state index in [0.717, 1.165) is 24.1 Å². The molecule has 1 saturated carbocycles. The summed E-state index contributed by atoms with van der Waals surface area (Å²) in [6.45, 7) is 4.07. The summed E-state index contributed by atoms with van der Waals surface area (Å²) in [4.78, 5) is 2.38. The van der Waals surface area contributed by atoms with Crippen LogP contribution in [0.2, 0.25) is 0 Å². The molecule has 0 radical (unpaired) electrons. The monoisotopic (exact) mass is 284 g/mol. The van der Waals surface area contributed by atoms with Gasteiger partial charge < -0.3 is 5.73 Å². The van der Waals surface area contributed by atoms with Gasteiger partial charge in [-0.2, -0.15) is 5.10 Å². The van der Waals surface area contributed by atoms with Crippen molar-refractivity contribution in [2.75, 3.05) is 20.1 Å². The van der Waals surface area contributed by atoms with E-state index in [-0.39, 0.29) is 6.04 Å². The van der Waals surface area contributed by atoms with Crippen LogP contribution in [0.15, 0.2) is 42.7 Å². The van der Waals surface area contributed by atoms with Crippen molar-refractivity contribution < 1.29 is 0 Å². The van der Waals surface area contributed by atoms with Crippen LogP contribution in [0.3, 0.4) is 0 Å². The van der Waals surface area contributed by atoms with E-state index in [9.17, 15) is 0 Å². The predicted molar refractivity (Wildman–Crippen MR) is 85.3 cm³/mol. The van der Waals surface area contributed by atoms with Crippen LogP contribution in [0.25, 0.3) is 5.69 Å². The number of benzene rings is 1. The maximum Gasteiger partial charge on any atom is 0.0645 e. The molecule has 4 heteroatoms. The standard InChI is InChI=1S/C17H24N4/c1-13-8-14(13)11-20(2)17(9-18)15-10-19-21(12-15)16-6-4-3-5-7-16/h3-7,10,12-14,17H,8-9,11,18H2,1-2H3. The Balaban J connectivity index is 1.73. The first-order valence-electron chi connectivity index (χ1n) is 7.69. The summed E-state index contributed by atoms with van der Waals surface area (Å²) < 4.78 is 1.92. The Morgan fingerprint density at radius 1 is 1.38 bits per heavy atom. The molecule has 0 saturated heterocycles. The molecule has 0 amide bonds. The van der Waals surface area contributed by atoms with E-state index in [4.69, 9.17) is 5.73 Å². The van der Waals surface area contributed by atoms with Crippen LogP contribution in [0, 0.1) is 11.8 Å². The highest BCUT2D eigenvalue weighted by Gasteiger charge is 2.34. The SMILES string of the molecule is CC1CC1CN(C)C(CN)c1cnn(-c2ccccc2)c1. The number of hydrogen-bond acceptors (Lipinski definition) is 3. The Labute approximate surface area is 126 Å². The predicted octanol–water partition coefficient (Wildman–Crippen LogP) is 2.46. The molecule has 3 rings (SSSR count). The van der Waals surface area contributed by atoms with E-state index >= 15 is 0 Å². The van der Waals surface area contributed by atoms with Crippen molar-refractivity contribution >= 4 is 0 Å². The first-order valence-corrected chi connectivity index (χ1v) is 7.69. The third kappa shape index (κ3) is 3.17. The quantitative estimate of drug-likeness (QED) is 0.886. The van der Waals surface area contributed by atoms with E-state index in [2.05, 4.69) is 42.3 Å². The maximum atomic E-state index is 6.01. The zero-order valence-electron chi connectivity index (χ0n) is 12.8. The van der Waals surface area contributed by atoms with Gasteiger partial charge in [0.05, 0.1) is 11.9 Å². The minimum atomic E-state index is 0.246. The molecule has 0 bridgehead atoms. The van der Waals surface area contributed by atoms with Gasteiger partial charge in [0.1, 0.15) is 0 Å². The first kappa shape index (κ1) is 14.3. The summed E-state index contributed by atoms with van der Waals surface area (Å²) in [5.74, 6) is 1.71. The molecule has 1 fully saturated rings. The van der Waals surface area contributed by atoms with Crippen molar-refractivity contribution in [2.24, 2.45) is 17.6 Å². The Hall–Kier alpha value is -1.65. The second kappa shape index (κ2) is 6.00. The van der Waals surface area contributed by atoms with Crippen molar-refractivity contribution in [2.45, 2.75) is 19.4 Å². The van der Waals surface area contributed by atoms with E-state index in [1.54, 1.807) is 0 Å². The van der Waals surface area contributed by atoms with Gasteiger partial charge in [0.25, 0.3) is 0 Å². The van der Waals surface area contributed by atoms with E-state index in [1.165, 1.54) is 12.0 Å². The third-order valence-corrected chi connectivity index (χ3v) is 4.56. The summed E-state index contributed by atoms with van der Waals surface area (Å²) >= 11 is 0. The number of rotatable bonds is 6. The molecule has 112 valence electrons. The van der Waals surface area contributed by atoms with Crippen molar-refractivity contribution in [3.63, 3.8) is 0 Å². The molecule has 0 spiro atoms. The second-order valence-electron chi connectivity index (χ2n) is 6.22. The Morgan fingerprint density at radius 2 is 2.10 bits per heavy atom. The number of nitrogens with two attached hydrogens (primary N) is 1. The molecule has 1 heterocycles. The van der Waals surface area contributed by atoms with Crippen LogP contribution in [0.4, 0.5) is 0 Å². The zero-order chi connectivity index (χ0) is 14.8. The minimum Gasteiger partial charge on any atom is -0.329 e. The number of para-hydroxylation sites is 1. The van der Waals surface area contributed by atoms with Crippen LogP contribution in [-0.4, -0.2) is 34.8 Å². The van der Waals surface area contributed by atoms with Crippen LogP contribution in [-0.2, 0) is 0 Å². The lowest BCUT2D eigenvalue weighted by Gasteiger charge is -2.26. The summed E-state index contributed by atoms with van der Waals surface area (Å²) in [5, 5.41) is 4.48. The highest BCUT2D eigenvalue weighted by molar-refractivity contribution is 5.31. The molecule has 21 heavy (non-hydrogen) atoms. The number of nitrogens with zero attached hydrogens (tertiary/aromatic N) is 3. The molecule has 3 unspecified atom stereocenters. The lowest BCUT2D eigenvalue weighted by molar-refractivity contribution is 0.237. The van der Waals surface area contributed by atoms with Crippen molar-refractivity contribution in [3.8, 4) is 5.69 Å². The van der Waals surface area contributed by atoms with E-state index in [0.29, 0.717) is 6.54 Å². The van der Waals surface area contributed by atoms with Crippen LogP contribution >= 0.6 is 0 Å². The molecule has 3 atom stereocenters. The smallest absolute Gasteiger partial charge is 0.0645 e. The first-order chi connectivity index (χ1) is 10.2. The highest BCUT2D eigenvalue weighted by atomic mass is 15.3. The summed E-state index contributed by atoms with van der Waals surface area (Å²) in [6, 6.07) is 10.4. The van der Waals surface area contributed by atoms with Gasteiger partial charge in [-0.05, 0) is 37.4 Å². The summed E-state index contributed by atoms with van der Waals surface area (Å²) in [5.41, 5.74) is 8.28. The van der Waals surface area contributed by atoms with E-state index in [1.807, 2.05) is 29.1 Å². The topological polar surface area (TPSA) is 47.1 Å². The fourth-order valence-corrected chi connectivity index (χ4v) is 2.95. The molecule has 1 aliphatic carbocycles. The van der Waals surface area contributed by atoms with Crippen molar-refractivity contribution in [1.29, 1.82) is 0 Å². The number of hydrogen-bond donors (Lipinski definition) is 1. The fraction of sp³-hybridized carbons (Fsp3) is 0.471. The summed E-state index contributed by atoms with van der Waals surface area (Å²) in [6.07, 6.45) is 5.39. The normalized spacial score (nSPS) is 22.5. The van der Waals surface area contributed by atoms with Gasteiger partial charge in [0.2, 0.25) is 0 Å². The molecule has 1 aromatic carbocycles. The van der Waals surface area contributed by atoms with Crippen LogP contribution in [0.5, 0.6) is 0 Å². The Morgan fingerprint density at radius 3 is 2.71 bits per heavy atom. The molecule has 1 aliphatic rings. The molecule has 0 aliphatic heterocycles. The maximum absolute atomic E-state index is 6.01. The molecule has 2 N–H and O–H groups in total. The third-order valence-electron chi connectivity index (χ3n) is 4.56. The highest BCUT2D eigenvalue weighted by Crippen LogP contribution is 2.39. The Kier molecular flexibility index (Phi) is 4.08. The molecule has 4 nitrogen and oxygen atoms in total. The van der Waals surface area contributed by atoms with Gasteiger partial charge >= 0.3 is 0 Å². The lowest BCUT2D eigenvalue weighted by Crippen LogP contribution is -2.32. The molecular weight excluding hydrogens is 260 g/mol. The van der Waals surface area contributed by atoms with Crippen LogP contribution < -0.4 is 5.73 Å². The van der Waals surface area contributed by atoms with Gasteiger partial charge in [-0.15, -0.1) is 0 Å². The molecule has 2 aromatic rings. The number of likely N-dealkylation sites (N-methyl/N-ethyl adjacent to an activating group) is 1. The van der Waals surface area contributed by atoms with Gasteiger partial charge in [-0.3, -0.25) is 4.90 Å². The average Bonchev–Trinajstić information content (AvgIpc) is 3.00. The molecular formula is C17H24N4. The lowest BCUT2D eigenvalue weighted by atomic mass is 10.1. The van der Waals surface area contributed by atoms with Gasteiger partial charge in [0.15, 0.2) is 0 Å². The van der Waals surface area contributed by atoms with Gasteiger partial charge in [0, 0.05) is 30.9 Å². The fourth-order valence-electron chi connectivity index (χ4n) is 2.95. The average molecular weight is 284 g/mol. The second-order valence-corrected chi connectivity index (χ2v) is 6.22. The van der Waals surface area contributed by atoms with Crippen molar-refractivity contribution in [1.82, 2.24) is 14.7 Å². The minimum absolute atomic E-state index is 0.246. The summed E-state index contributed by atoms with van der Waals surface area (Å²) in [7, 11) is 2.17.